The molecule has 4 rings (SSSR count). The lowest BCUT2D eigenvalue weighted by atomic mass is 10.2. The summed E-state index contributed by atoms with van der Waals surface area (Å²) in [5.74, 6) is 0.409. The first-order valence-electron chi connectivity index (χ1n) is 10.3. The van der Waals surface area contributed by atoms with E-state index in [1.807, 2.05) is 46.8 Å². The number of hydrogen-bond acceptors (Lipinski definition) is 3. The molecule has 1 N–H and O–H groups in total. The van der Waals surface area contributed by atoms with E-state index >= 15 is 0 Å². The van der Waals surface area contributed by atoms with E-state index < -0.39 is 0 Å². The number of nitrogens with one attached hydrogen (secondary N) is 1. The van der Waals surface area contributed by atoms with Crippen LogP contribution in [0.4, 0.5) is 0 Å². The molecule has 0 spiro atoms. The van der Waals surface area contributed by atoms with Crippen molar-refractivity contribution < 1.29 is 4.79 Å². The van der Waals surface area contributed by atoms with Crippen molar-refractivity contribution in [2.75, 3.05) is 13.1 Å². The Morgan fingerprint density at radius 3 is 2.48 bits per heavy atom. The van der Waals surface area contributed by atoms with Crippen molar-refractivity contribution in [1.82, 2.24) is 20.0 Å². The molecule has 2 heterocycles. The summed E-state index contributed by atoms with van der Waals surface area (Å²) in [5, 5.41) is 3.67. The molecule has 1 aromatic heterocycles. The van der Waals surface area contributed by atoms with Crippen molar-refractivity contribution in [3.05, 3.63) is 74.5 Å². The lowest BCUT2D eigenvalue weighted by molar-refractivity contribution is 0.0744. The molecule has 162 valence electrons. The molecule has 3 aromatic rings. The third-order valence-corrected chi connectivity index (χ3v) is 6.43. The molecular weight excluding hydrogens is 455 g/mol. The zero-order valence-electron chi connectivity index (χ0n) is 17.2. The van der Waals surface area contributed by atoms with Crippen LogP contribution < -0.4 is 5.43 Å². The number of rotatable bonds is 5. The summed E-state index contributed by atoms with van der Waals surface area (Å²) in [5.41, 5.74) is 5.77. The molecule has 1 amide bonds. The predicted octanol–water partition coefficient (Wildman–Crippen LogP) is 6.00. The molecule has 1 saturated heterocycles. The van der Waals surface area contributed by atoms with E-state index in [0.717, 1.165) is 42.8 Å². The standard InChI is InChI=1S/C23H23Cl3N4O/c1-15-21(23(31)28-29-11-5-2-6-12-29)27-22(18-7-3-4-8-19(18)25)30(15)14-16-9-10-17(24)13-20(16)26/h3-4,7-10,13H,2,5-6,11-12,14H2,1H3,(H,28,31). The predicted molar refractivity (Wildman–Crippen MR) is 126 cm³/mol. The summed E-state index contributed by atoms with van der Waals surface area (Å²) in [4.78, 5) is 17.8. The van der Waals surface area contributed by atoms with E-state index in [9.17, 15) is 4.79 Å². The summed E-state index contributed by atoms with van der Waals surface area (Å²) in [6.45, 7) is 4.03. The molecule has 0 unspecified atom stereocenters. The normalized spacial score (nSPS) is 14.6. The Balaban J connectivity index is 1.74. The van der Waals surface area contributed by atoms with Gasteiger partial charge in [0.1, 0.15) is 5.82 Å². The maximum Gasteiger partial charge on any atom is 0.286 e. The Bertz CT molecular complexity index is 1110. The Morgan fingerprint density at radius 2 is 1.77 bits per heavy atom. The maximum absolute atomic E-state index is 13.1. The second-order valence-electron chi connectivity index (χ2n) is 7.66. The van der Waals surface area contributed by atoms with E-state index in [2.05, 4.69) is 5.43 Å². The SMILES string of the molecule is Cc1c(C(=O)NN2CCCCC2)nc(-c2ccccc2Cl)n1Cc1ccc(Cl)cc1Cl. The molecule has 8 heteroatoms. The van der Waals surface area contributed by atoms with Crippen LogP contribution in [0.15, 0.2) is 42.5 Å². The summed E-state index contributed by atoms with van der Waals surface area (Å²) >= 11 is 19.0. The minimum Gasteiger partial charge on any atom is -0.323 e. The first-order valence-corrected chi connectivity index (χ1v) is 11.4. The van der Waals surface area contributed by atoms with Gasteiger partial charge in [0, 0.05) is 34.4 Å². The highest BCUT2D eigenvalue weighted by Gasteiger charge is 2.24. The molecule has 1 fully saturated rings. The third kappa shape index (κ3) is 4.90. The van der Waals surface area contributed by atoms with Gasteiger partial charge in [-0.1, -0.05) is 59.4 Å². The van der Waals surface area contributed by atoms with Gasteiger partial charge in [0.2, 0.25) is 0 Å². The van der Waals surface area contributed by atoms with Crippen LogP contribution >= 0.6 is 34.8 Å². The van der Waals surface area contributed by atoms with Crippen molar-refractivity contribution >= 4 is 40.7 Å². The highest BCUT2D eigenvalue weighted by Crippen LogP contribution is 2.31. The molecule has 5 nitrogen and oxygen atoms in total. The molecule has 1 aliphatic rings. The number of carbonyl (C=O) groups is 1. The van der Waals surface area contributed by atoms with Crippen molar-refractivity contribution in [3.8, 4) is 11.4 Å². The van der Waals surface area contributed by atoms with Crippen LogP contribution in [-0.2, 0) is 6.54 Å². The van der Waals surface area contributed by atoms with Crippen LogP contribution in [0, 0.1) is 6.92 Å². The van der Waals surface area contributed by atoms with Gasteiger partial charge in [-0.15, -0.1) is 0 Å². The minimum atomic E-state index is -0.214. The van der Waals surface area contributed by atoms with E-state index in [1.54, 1.807) is 12.1 Å². The Kier molecular flexibility index (Phi) is 6.87. The number of benzene rings is 2. The molecular formula is C23H23Cl3N4O. The minimum absolute atomic E-state index is 0.214. The fraction of sp³-hybridized carbons (Fsp3) is 0.304. The number of hydrogen-bond donors (Lipinski definition) is 1. The van der Waals surface area contributed by atoms with Crippen molar-refractivity contribution in [2.24, 2.45) is 0 Å². The number of nitrogens with zero attached hydrogens (tertiary/aromatic N) is 3. The molecule has 0 aliphatic carbocycles. The molecule has 1 aliphatic heterocycles. The third-order valence-electron chi connectivity index (χ3n) is 5.51. The van der Waals surface area contributed by atoms with Crippen LogP contribution in [0.5, 0.6) is 0 Å². The molecule has 0 atom stereocenters. The Morgan fingerprint density at radius 1 is 1.03 bits per heavy atom. The number of hydrazine groups is 1. The van der Waals surface area contributed by atoms with Gasteiger partial charge >= 0.3 is 0 Å². The van der Waals surface area contributed by atoms with Gasteiger partial charge in [-0.25, -0.2) is 9.99 Å². The van der Waals surface area contributed by atoms with Crippen LogP contribution in [0.25, 0.3) is 11.4 Å². The number of carbonyl (C=O) groups excluding carboxylic acids is 1. The van der Waals surface area contributed by atoms with Crippen LogP contribution in [-0.4, -0.2) is 33.6 Å². The fourth-order valence-electron chi connectivity index (χ4n) is 3.81. The van der Waals surface area contributed by atoms with Gasteiger partial charge in [-0.2, -0.15) is 0 Å². The second-order valence-corrected chi connectivity index (χ2v) is 8.91. The number of piperidine rings is 1. The quantitative estimate of drug-likeness (QED) is 0.490. The van der Waals surface area contributed by atoms with Crippen molar-refractivity contribution in [3.63, 3.8) is 0 Å². The van der Waals surface area contributed by atoms with Gasteiger partial charge in [-0.05, 0) is 49.6 Å². The average molecular weight is 478 g/mol. The van der Waals surface area contributed by atoms with Crippen LogP contribution in [0.2, 0.25) is 15.1 Å². The fourth-order valence-corrected chi connectivity index (χ4v) is 4.50. The van der Waals surface area contributed by atoms with Crippen molar-refractivity contribution in [1.29, 1.82) is 0 Å². The summed E-state index contributed by atoms with van der Waals surface area (Å²) < 4.78 is 1.97. The highest BCUT2D eigenvalue weighted by molar-refractivity contribution is 6.35. The van der Waals surface area contributed by atoms with Gasteiger partial charge < -0.3 is 4.57 Å². The van der Waals surface area contributed by atoms with Gasteiger partial charge in [0.15, 0.2) is 5.69 Å². The lowest BCUT2D eigenvalue weighted by Crippen LogP contribution is -2.45. The van der Waals surface area contributed by atoms with Gasteiger partial charge in [0.05, 0.1) is 11.6 Å². The zero-order valence-corrected chi connectivity index (χ0v) is 19.4. The molecule has 31 heavy (non-hydrogen) atoms. The zero-order chi connectivity index (χ0) is 22.0. The van der Waals surface area contributed by atoms with Crippen LogP contribution in [0.1, 0.15) is 41.0 Å². The van der Waals surface area contributed by atoms with Crippen LogP contribution in [0.3, 0.4) is 0 Å². The molecule has 2 aromatic carbocycles. The maximum atomic E-state index is 13.1. The largest absolute Gasteiger partial charge is 0.323 e. The van der Waals surface area contributed by atoms with E-state index in [4.69, 9.17) is 39.8 Å². The Hall–Kier alpha value is -2.05. The smallest absolute Gasteiger partial charge is 0.286 e. The van der Waals surface area contributed by atoms with Gasteiger partial charge in [-0.3, -0.25) is 10.2 Å². The Labute approximate surface area is 196 Å². The van der Waals surface area contributed by atoms with E-state index in [1.165, 1.54) is 6.42 Å². The monoisotopic (exact) mass is 476 g/mol. The number of amides is 1. The summed E-state index contributed by atoms with van der Waals surface area (Å²) in [6, 6.07) is 12.9. The lowest BCUT2D eigenvalue weighted by Gasteiger charge is -2.26. The molecule has 0 bridgehead atoms. The summed E-state index contributed by atoms with van der Waals surface area (Å²) in [6.07, 6.45) is 3.35. The first-order chi connectivity index (χ1) is 14.9. The number of imidazole rings is 1. The number of halogens is 3. The van der Waals surface area contributed by atoms with E-state index in [-0.39, 0.29) is 5.91 Å². The first kappa shape index (κ1) is 22.2. The van der Waals surface area contributed by atoms with E-state index in [0.29, 0.717) is 33.1 Å². The van der Waals surface area contributed by atoms with Gasteiger partial charge in [0.25, 0.3) is 5.91 Å². The number of aromatic nitrogens is 2. The second kappa shape index (κ2) is 9.61. The topological polar surface area (TPSA) is 50.2 Å². The molecule has 0 radical (unpaired) electrons. The summed E-state index contributed by atoms with van der Waals surface area (Å²) in [7, 11) is 0. The van der Waals surface area contributed by atoms with Crippen molar-refractivity contribution in [2.45, 2.75) is 32.7 Å². The molecule has 0 saturated carbocycles. The highest BCUT2D eigenvalue weighted by atomic mass is 35.5. The average Bonchev–Trinajstić information content (AvgIpc) is 3.07.